The second kappa shape index (κ2) is 7.25. The third-order valence-electron chi connectivity index (χ3n) is 2.84. The van der Waals surface area contributed by atoms with E-state index in [1.54, 1.807) is 19.2 Å². The van der Waals surface area contributed by atoms with Crippen LogP contribution in [0.3, 0.4) is 0 Å². The Morgan fingerprint density at radius 3 is 2.71 bits per heavy atom. The Bertz CT molecular complexity index is 344. The number of ether oxygens (including phenoxy) is 1. The molecule has 0 saturated carbocycles. The summed E-state index contributed by atoms with van der Waals surface area (Å²) in [6.07, 6.45) is 1.97. The number of hydrogen-bond donors (Lipinski definition) is 2. The minimum atomic E-state index is -0.227. The molecule has 0 saturated heterocycles. The van der Waals surface area contributed by atoms with Crippen molar-refractivity contribution in [1.29, 1.82) is 0 Å². The molecule has 0 fully saturated rings. The maximum Gasteiger partial charge on any atom is 0.123 e. The van der Waals surface area contributed by atoms with Crippen molar-refractivity contribution in [1.82, 2.24) is 10.6 Å². The first-order valence-electron chi connectivity index (χ1n) is 5.88. The molecule has 0 aliphatic heterocycles. The van der Waals surface area contributed by atoms with Crippen molar-refractivity contribution in [3.8, 4) is 5.75 Å². The Balaban J connectivity index is 2.82. The lowest BCUT2D eigenvalue weighted by Crippen LogP contribution is -2.19. The molecule has 0 amide bonds. The highest BCUT2D eigenvalue weighted by Crippen LogP contribution is 2.28. The summed E-state index contributed by atoms with van der Waals surface area (Å²) in [4.78, 5) is 0. The number of benzene rings is 1. The second-order valence-electron chi connectivity index (χ2n) is 3.97. The van der Waals surface area contributed by atoms with Crippen molar-refractivity contribution in [3.63, 3.8) is 0 Å². The molecule has 1 unspecified atom stereocenters. The van der Waals surface area contributed by atoms with Gasteiger partial charge in [0.2, 0.25) is 0 Å². The van der Waals surface area contributed by atoms with Crippen LogP contribution in [0, 0.1) is 5.82 Å². The van der Waals surface area contributed by atoms with E-state index in [1.807, 2.05) is 14.1 Å². The van der Waals surface area contributed by atoms with E-state index < -0.39 is 0 Å². The monoisotopic (exact) mass is 240 g/mol. The average molecular weight is 240 g/mol. The largest absolute Gasteiger partial charge is 0.496 e. The van der Waals surface area contributed by atoms with Gasteiger partial charge in [0.1, 0.15) is 11.6 Å². The molecule has 0 aromatic heterocycles. The molecule has 1 aromatic carbocycles. The van der Waals surface area contributed by atoms with Gasteiger partial charge in [-0.25, -0.2) is 4.39 Å². The van der Waals surface area contributed by atoms with Gasteiger partial charge >= 0.3 is 0 Å². The molecule has 0 aliphatic carbocycles. The van der Waals surface area contributed by atoms with E-state index in [1.165, 1.54) is 6.07 Å². The lowest BCUT2D eigenvalue weighted by Gasteiger charge is -2.19. The SMILES string of the molecule is CNCCCC(NC)c1cc(F)ccc1OC. The van der Waals surface area contributed by atoms with Crippen LogP contribution in [0.5, 0.6) is 5.75 Å². The molecule has 0 heterocycles. The Labute approximate surface area is 102 Å². The van der Waals surface area contributed by atoms with Crippen molar-refractivity contribution in [2.75, 3.05) is 27.7 Å². The zero-order valence-corrected chi connectivity index (χ0v) is 10.7. The minimum absolute atomic E-state index is 0.119. The first-order valence-corrected chi connectivity index (χ1v) is 5.88. The summed E-state index contributed by atoms with van der Waals surface area (Å²) in [5.41, 5.74) is 0.881. The quantitative estimate of drug-likeness (QED) is 0.716. The van der Waals surface area contributed by atoms with Gasteiger partial charge in [0.25, 0.3) is 0 Å². The summed E-state index contributed by atoms with van der Waals surface area (Å²) in [6.45, 7) is 0.954. The number of rotatable bonds is 7. The summed E-state index contributed by atoms with van der Waals surface area (Å²) >= 11 is 0. The predicted octanol–water partition coefficient (Wildman–Crippen LogP) is 2.09. The van der Waals surface area contributed by atoms with Gasteiger partial charge in [-0.15, -0.1) is 0 Å². The van der Waals surface area contributed by atoms with Crippen LogP contribution in [-0.2, 0) is 0 Å². The van der Waals surface area contributed by atoms with Crippen molar-refractivity contribution < 1.29 is 9.13 Å². The molecule has 4 heteroatoms. The van der Waals surface area contributed by atoms with Gasteiger partial charge in [0, 0.05) is 11.6 Å². The van der Waals surface area contributed by atoms with Crippen LogP contribution >= 0.6 is 0 Å². The van der Waals surface area contributed by atoms with Crippen LogP contribution in [0.2, 0.25) is 0 Å². The number of methoxy groups -OCH3 is 1. The Hall–Kier alpha value is -1.13. The zero-order valence-electron chi connectivity index (χ0n) is 10.7. The maximum atomic E-state index is 13.3. The van der Waals surface area contributed by atoms with Gasteiger partial charge in [0.15, 0.2) is 0 Å². The highest BCUT2D eigenvalue weighted by atomic mass is 19.1. The fourth-order valence-corrected chi connectivity index (χ4v) is 1.92. The predicted molar refractivity (Wildman–Crippen MR) is 67.9 cm³/mol. The van der Waals surface area contributed by atoms with Crippen LogP contribution < -0.4 is 15.4 Å². The topological polar surface area (TPSA) is 33.3 Å². The van der Waals surface area contributed by atoms with Crippen LogP contribution in [-0.4, -0.2) is 27.7 Å². The number of nitrogens with one attached hydrogen (secondary N) is 2. The highest BCUT2D eigenvalue weighted by molar-refractivity contribution is 5.36. The molecule has 96 valence electrons. The molecule has 1 atom stereocenters. The summed E-state index contributed by atoms with van der Waals surface area (Å²) in [6, 6.07) is 4.75. The van der Waals surface area contributed by atoms with Crippen molar-refractivity contribution >= 4 is 0 Å². The van der Waals surface area contributed by atoms with Gasteiger partial charge in [-0.3, -0.25) is 0 Å². The van der Waals surface area contributed by atoms with Crippen molar-refractivity contribution in [2.45, 2.75) is 18.9 Å². The van der Waals surface area contributed by atoms with Gasteiger partial charge in [0.05, 0.1) is 7.11 Å². The van der Waals surface area contributed by atoms with E-state index >= 15 is 0 Å². The standard InChI is InChI=1S/C13H21FN2O/c1-15-8-4-5-12(16-2)11-9-10(14)6-7-13(11)17-3/h6-7,9,12,15-16H,4-5,8H2,1-3H3. The lowest BCUT2D eigenvalue weighted by atomic mass is 10.0. The van der Waals surface area contributed by atoms with Crippen LogP contribution in [0.25, 0.3) is 0 Å². The molecule has 0 bridgehead atoms. The van der Waals surface area contributed by atoms with Gasteiger partial charge < -0.3 is 15.4 Å². The number of halogens is 1. The van der Waals surface area contributed by atoms with Crippen LogP contribution in [0.15, 0.2) is 18.2 Å². The molecular weight excluding hydrogens is 219 g/mol. The van der Waals surface area contributed by atoms with Crippen molar-refractivity contribution in [3.05, 3.63) is 29.6 Å². The Morgan fingerprint density at radius 1 is 1.35 bits per heavy atom. The third-order valence-corrected chi connectivity index (χ3v) is 2.84. The van der Waals surface area contributed by atoms with Gasteiger partial charge in [-0.2, -0.15) is 0 Å². The summed E-state index contributed by atoms with van der Waals surface area (Å²) in [5.74, 6) is 0.505. The molecule has 1 rings (SSSR count). The Kier molecular flexibility index (Phi) is 5.94. The first-order chi connectivity index (χ1) is 8.22. The lowest BCUT2D eigenvalue weighted by molar-refractivity contribution is 0.395. The summed E-state index contributed by atoms with van der Waals surface area (Å²) in [7, 11) is 5.42. The van der Waals surface area contributed by atoms with E-state index in [0.29, 0.717) is 0 Å². The van der Waals surface area contributed by atoms with Gasteiger partial charge in [-0.1, -0.05) is 0 Å². The smallest absolute Gasteiger partial charge is 0.123 e. The maximum absolute atomic E-state index is 13.3. The van der Waals surface area contributed by atoms with E-state index in [9.17, 15) is 4.39 Å². The van der Waals surface area contributed by atoms with Crippen LogP contribution in [0.1, 0.15) is 24.4 Å². The normalized spacial score (nSPS) is 12.5. The summed E-state index contributed by atoms with van der Waals surface area (Å²) in [5, 5.41) is 6.31. The molecule has 0 spiro atoms. The average Bonchev–Trinajstić information content (AvgIpc) is 2.35. The van der Waals surface area contributed by atoms with E-state index in [0.717, 1.165) is 30.7 Å². The fourth-order valence-electron chi connectivity index (χ4n) is 1.92. The number of hydrogen-bond acceptors (Lipinski definition) is 3. The third kappa shape index (κ3) is 3.98. The van der Waals surface area contributed by atoms with Crippen LogP contribution in [0.4, 0.5) is 4.39 Å². The molecule has 2 N–H and O–H groups in total. The molecule has 0 aliphatic rings. The highest BCUT2D eigenvalue weighted by Gasteiger charge is 2.14. The van der Waals surface area contributed by atoms with E-state index in [2.05, 4.69) is 10.6 Å². The Morgan fingerprint density at radius 2 is 2.12 bits per heavy atom. The van der Waals surface area contributed by atoms with E-state index in [-0.39, 0.29) is 11.9 Å². The van der Waals surface area contributed by atoms with Crippen molar-refractivity contribution in [2.24, 2.45) is 0 Å². The molecule has 17 heavy (non-hydrogen) atoms. The molecule has 1 aromatic rings. The second-order valence-corrected chi connectivity index (χ2v) is 3.97. The van der Waals surface area contributed by atoms with E-state index in [4.69, 9.17) is 4.74 Å². The molecule has 3 nitrogen and oxygen atoms in total. The molecular formula is C13H21FN2O. The summed E-state index contributed by atoms with van der Waals surface area (Å²) < 4.78 is 18.5. The van der Waals surface area contributed by atoms with Gasteiger partial charge in [-0.05, 0) is 51.7 Å². The molecule has 0 radical (unpaired) electrons. The minimum Gasteiger partial charge on any atom is -0.496 e. The zero-order chi connectivity index (χ0) is 12.7. The first kappa shape index (κ1) is 13.9. The fraction of sp³-hybridized carbons (Fsp3) is 0.538.